The number of benzene rings is 1. The van der Waals surface area contributed by atoms with Gasteiger partial charge in [-0.2, -0.15) is 12.7 Å². The van der Waals surface area contributed by atoms with Gasteiger partial charge < -0.3 is 5.32 Å². The maximum Gasteiger partial charge on any atom is 0.279 e. The van der Waals surface area contributed by atoms with E-state index in [9.17, 15) is 8.42 Å². The lowest BCUT2D eigenvalue weighted by molar-refractivity contribution is 0.439. The molecule has 0 radical (unpaired) electrons. The molecule has 21 heavy (non-hydrogen) atoms. The zero-order valence-electron chi connectivity index (χ0n) is 12.4. The fourth-order valence-corrected chi connectivity index (χ4v) is 4.52. The molecular formula is C15H23N3O2S. The number of fused-ring (bicyclic) bond motifs is 1. The standard InChI is InChI=1S/C15H23N3O2S/c1-12-7-9-18(11-12)21(19,20)17-10-15-14-5-3-2-4-13(14)6-8-16-15/h2-5,12,15-17H,6-11H2,1H3. The van der Waals surface area contributed by atoms with Gasteiger partial charge in [-0.05, 0) is 36.4 Å². The molecular weight excluding hydrogens is 286 g/mol. The van der Waals surface area contributed by atoms with Crippen LogP contribution in [-0.2, 0) is 16.6 Å². The van der Waals surface area contributed by atoms with Gasteiger partial charge in [-0.1, -0.05) is 31.2 Å². The van der Waals surface area contributed by atoms with Gasteiger partial charge in [0.2, 0.25) is 0 Å². The van der Waals surface area contributed by atoms with E-state index in [1.165, 1.54) is 11.1 Å². The maximum absolute atomic E-state index is 12.3. The molecule has 6 heteroatoms. The van der Waals surface area contributed by atoms with E-state index >= 15 is 0 Å². The Bertz CT molecular complexity index is 603. The summed E-state index contributed by atoms with van der Waals surface area (Å²) in [6.07, 6.45) is 1.95. The maximum atomic E-state index is 12.3. The van der Waals surface area contributed by atoms with Gasteiger partial charge in [0.05, 0.1) is 0 Å². The van der Waals surface area contributed by atoms with Gasteiger partial charge in [0, 0.05) is 25.7 Å². The monoisotopic (exact) mass is 309 g/mol. The van der Waals surface area contributed by atoms with Crippen LogP contribution in [0.5, 0.6) is 0 Å². The number of hydrogen-bond acceptors (Lipinski definition) is 3. The molecule has 2 atom stereocenters. The van der Waals surface area contributed by atoms with E-state index in [-0.39, 0.29) is 6.04 Å². The van der Waals surface area contributed by atoms with Crippen molar-refractivity contribution in [1.82, 2.24) is 14.3 Å². The Kier molecular flexibility index (Phi) is 4.31. The fourth-order valence-electron chi connectivity index (χ4n) is 3.17. The minimum Gasteiger partial charge on any atom is -0.308 e. The van der Waals surface area contributed by atoms with Crippen molar-refractivity contribution in [3.8, 4) is 0 Å². The van der Waals surface area contributed by atoms with Crippen LogP contribution in [0.1, 0.15) is 30.5 Å². The summed E-state index contributed by atoms with van der Waals surface area (Å²) in [7, 11) is -3.35. The summed E-state index contributed by atoms with van der Waals surface area (Å²) in [6.45, 7) is 4.65. The van der Waals surface area contributed by atoms with Crippen LogP contribution in [0.3, 0.4) is 0 Å². The van der Waals surface area contributed by atoms with Crippen molar-refractivity contribution in [2.24, 2.45) is 5.92 Å². The number of rotatable bonds is 4. The normalized spacial score (nSPS) is 26.7. The van der Waals surface area contributed by atoms with E-state index < -0.39 is 10.2 Å². The molecule has 2 unspecified atom stereocenters. The molecule has 1 fully saturated rings. The van der Waals surface area contributed by atoms with Crippen LogP contribution in [0.25, 0.3) is 0 Å². The summed E-state index contributed by atoms with van der Waals surface area (Å²) >= 11 is 0. The number of nitrogens with zero attached hydrogens (tertiary/aromatic N) is 1. The Hall–Kier alpha value is -0.950. The summed E-state index contributed by atoms with van der Waals surface area (Å²) in [5.74, 6) is 0.454. The molecule has 2 heterocycles. The molecule has 2 N–H and O–H groups in total. The van der Waals surface area contributed by atoms with Gasteiger partial charge in [-0.3, -0.25) is 0 Å². The Morgan fingerprint density at radius 2 is 2.19 bits per heavy atom. The summed E-state index contributed by atoms with van der Waals surface area (Å²) in [6, 6.07) is 8.31. The van der Waals surface area contributed by atoms with Gasteiger partial charge in [-0.25, -0.2) is 4.72 Å². The SMILES string of the molecule is CC1CCN(S(=O)(=O)NCC2NCCc3ccccc32)C1. The smallest absolute Gasteiger partial charge is 0.279 e. The molecule has 0 bridgehead atoms. The third kappa shape index (κ3) is 3.29. The van der Waals surface area contributed by atoms with Crippen molar-refractivity contribution in [3.63, 3.8) is 0 Å². The number of hydrogen-bond donors (Lipinski definition) is 2. The molecule has 1 aromatic carbocycles. The summed E-state index contributed by atoms with van der Waals surface area (Å²) in [5, 5.41) is 3.40. The summed E-state index contributed by atoms with van der Waals surface area (Å²) in [5.41, 5.74) is 2.52. The second kappa shape index (κ2) is 6.04. The van der Waals surface area contributed by atoms with Crippen LogP contribution in [0, 0.1) is 5.92 Å². The second-order valence-electron chi connectivity index (χ2n) is 6.06. The van der Waals surface area contributed by atoms with Gasteiger partial charge in [0.25, 0.3) is 10.2 Å². The van der Waals surface area contributed by atoms with Crippen molar-refractivity contribution in [2.75, 3.05) is 26.2 Å². The predicted octanol–water partition coefficient (Wildman–Crippen LogP) is 1.05. The highest BCUT2D eigenvalue weighted by Crippen LogP contribution is 2.23. The summed E-state index contributed by atoms with van der Waals surface area (Å²) < 4.78 is 29.0. The zero-order valence-corrected chi connectivity index (χ0v) is 13.2. The molecule has 2 aliphatic heterocycles. The first kappa shape index (κ1) is 15.0. The third-order valence-corrected chi connectivity index (χ3v) is 5.95. The van der Waals surface area contributed by atoms with Gasteiger partial charge in [0.1, 0.15) is 0 Å². The molecule has 0 aromatic heterocycles. The number of nitrogens with one attached hydrogen (secondary N) is 2. The van der Waals surface area contributed by atoms with Crippen molar-refractivity contribution in [3.05, 3.63) is 35.4 Å². The van der Waals surface area contributed by atoms with Crippen molar-refractivity contribution >= 4 is 10.2 Å². The summed E-state index contributed by atoms with van der Waals surface area (Å²) in [4.78, 5) is 0. The molecule has 0 spiro atoms. The quantitative estimate of drug-likeness (QED) is 0.874. The Morgan fingerprint density at radius 1 is 1.38 bits per heavy atom. The van der Waals surface area contributed by atoms with E-state index in [0.717, 1.165) is 19.4 Å². The highest BCUT2D eigenvalue weighted by atomic mass is 32.2. The lowest BCUT2D eigenvalue weighted by Gasteiger charge is -2.28. The van der Waals surface area contributed by atoms with Gasteiger partial charge in [-0.15, -0.1) is 0 Å². The average Bonchev–Trinajstić information content (AvgIpc) is 2.93. The van der Waals surface area contributed by atoms with Crippen molar-refractivity contribution in [2.45, 2.75) is 25.8 Å². The molecule has 0 amide bonds. The van der Waals surface area contributed by atoms with E-state index in [1.807, 2.05) is 12.1 Å². The van der Waals surface area contributed by atoms with E-state index in [1.54, 1.807) is 4.31 Å². The van der Waals surface area contributed by atoms with Gasteiger partial charge in [0.15, 0.2) is 0 Å². The van der Waals surface area contributed by atoms with Crippen LogP contribution in [0.4, 0.5) is 0 Å². The minimum atomic E-state index is -3.35. The fraction of sp³-hybridized carbons (Fsp3) is 0.600. The molecule has 0 aliphatic carbocycles. The second-order valence-corrected chi connectivity index (χ2v) is 7.82. The molecule has 1 saturated heterocycles. The van der Waals surface area contributed by atoms with E-state index in [0.29, 0.717) is 25.6 Å². The molecule has 5 nitrogen and oxygen atoms in total. The van der Waals surface area contributed by atoms with Crippen LogP contribution < -0.4 is 10.0 Å². The largest absolute Gasteiger partial charge is 0.308 e. The van der Waals surface area contributed by atoms with Gasteiger partial charge >= 0.3 is 0 Å². The topological polar surface area (TPSA) is 61.4 Å². The Balaban J connectivity index is 1.66. The molecule has 3 rings (SSSR count). The van der Waals surface area contributed by atoms with E-state index in [2.05, 4.69) is 29.1 Å². The lowest BCUT2D eigenvalue weighted by atomic mass is 9.95. The van der Waals surface area contributed by atoms with Crippen LogP contribution >= 0.6 is 0 Å². The van der Waals surface area contributed by atoms with Crippen LogP contribution in [-0.4, -0.2) is 38.9 Å². The highest BCUT2D eigenvalue weighted by Gasteiger charge is 2.30. The first-order valence-corrected chi connectivity index (χ1v) is 9.06. The molecule has 1 aromatic rings. The average molecular weight is 309 g/mol. The molecule has 116 valence electrons. The Morgan fingerprint density at radius 3 is 2.95 bits per heavy atom. The molecule has 2 aliphatic rings. The highest BCUT2D eigenvalue weighted by molar-refractivity contribution is 7.87. The van der Waals surface area contributed by atoms with Crippen molar-refractivity contribution < 1.29 is 8.42 Å². The third-order valence-electron chi connectivity index (χ3n) is 4.41. The Labute approximate surface area is 126 Å². The lowest BCUT2D eigenvalue weighted by Crippen LogP contribution is -2.44. The first-order valence-electron chi connectivity index (χ1n) is 7.62. The van der Waals surface area contributed by atoms with Crippen LogP contribution in [0.2, 0.25) is 0 Å². The van der Waals surface area contributed by atoms with Crippen LogP contribution in [0.15, 0.2) is 24.3 Å². The first-order chi connectivity index (χ1) is 10.1. The minimum absolute atomic E-state index is 0.0600. The zero-order chi connectivity index (χ0) is 14.9. The predicted molar refractivity (Wildman–Crippen MR) is 83.2 cm³/mol. The molecule has 0 saturated carbocycles. The van der Waals surface area contributed by atoms with Crippen molar-refractivity contribution in [1.29, 1.82) is 0 Å². The van der Waals surface area contributed by atoms with E-state index in [4.69, 9.17) is 0 Å².